The molecule has 11 heavy (non-hydrogen) atoms. The lowest BCUT2D eigenvalue weighted by molar-refractivity contribution is -0.385. The van der Waals surface area contributed by atoms with Crippen LogP contribution in [0.4, 0.5) is 5.69 Å². The third-order valence-corrected chi connectivity index (χ3v) is 1.24. The summed E-state index contributed by atoms with van der Waals surface area (Å²) in [6.45, 7) is 3.49. The number of benzene rings is 1. The van der Waals surface area contributed by atoms with Gasteiger partial charge in [0.15, 0.2) is 5.75 Å². The Bertz CT molecular complexity index is 296. The van der Waals surface area contributed by atoms with E-state index in [0.29, 0.717) is 5.56 Å². The molecule has 0 heterocycles. The number of nitro groups is 1. The van der Waals surface area contributed by atoms with Gasteiger partial charge in [-0.25, -0.2) is 0 Å². The van der Waals surface area contributed by atoms with Gasteiger partial charge in [-0.3, -0.25) is 10.1 Å². The van der Waals surface area contributed by atoms with E-state index in [2.05, 4.69) is 6.92 Å². The number of rotatable bonds is 1. The van der Waals surface area contributed by atoms with Crippen LogP contribution < -0.4 is 0 Å². The normalized spacial score (nSPS) is 9.55. The van der Waals surface area contributed by atoms with E-state index in [1.54, 1.807) is 0 Å². The zero-order chi connectivity index (χ0) is 8.43. The van der Waals surface area contributed by atoms with Crippen molar-refractivity contribution in [1.82, 2.24) is 0 Å². The summed E-state index contributed by atoms with van der Waals surface area (Å²) in [6.07, 6.45) is 0. The summed E-state index contributed by atoms with van der Waals surface area (Å²) >= 11 is 0. The second-order valence-corrected chi connectivity index (χ2v) is 2.08. The molecule has 0 unspecified atom stereocenters. The first-order valence-corrected chi connectivity index (χ1v) is 2.90. The first-order chi connectivity index (χ1) is 5.11. The fourth-order valence-electron chi connectivity index (χ4n) is 0.715. The number of hydrogen-bond donors (Lipinski definition) is 1. The minimum Gasteiger partial charge on any atom is -0.502 e. The summed E-state index contributed by atoms with van der Waals surface area (Å²) in [6, 6.07) is 3.97. The van der Waals surface area contributed by atoms with E-state index in [1.807, 2.05) is 0 Å². The van der Waals surface area contributed by atoms with Gasteiger partial charge in [0.25, 0.3) is 0 Å². The smallest absolute Gasteiger partial charge is 0.310 e. The van der Waals surface area contributed by atoms with Gasteiger partial charge in [-0.1, -0.05) is 6.07 Å². The van der Waals surface area contributed by atoms with E-state index in [1.165, 1.54) is 18.2 Å². The molecule has 0 saturated carbocycles. The van der Waals surface area contributed by atoms with Crippen LogP contribution >= 0.6 is 0 Å². The van der Waals surface area contributed by atoms with Crippen LogP contribution in [-0.2, 0) is 0 Å². The van der Waals surface area contributed by atoms with E-state index in [9.17, 15) is 10.1 Å². The summed E-state index contributed by atoms with van der Waals surface area (Å²) in [4.78, 5) is 9.54. The van der Waals surface area contributed by atoms with Crippen molar-refractivity contribution >= 4 is 5.69 Å². The van der Waals surface area contributed by atoms with Gasteiger partial charge in [-0.15, -0.1) is 0 Å². The highest BCUT2D eigenvalue weighted by Crippen LogP contribution is 2.25. The van der Waals surface area contributed by atoms with Crippen LogP contribution in [0.3, 0.4) is 0 Å². The predicted octanol–water partition coefficient (Wildman–Crippen LogP) is 1.48. The van der Waals surface area contributed by atoms with E-state index in [4.69, 9.17) is 5.11 Å². The summed E-state index contributed by atoms with van der Waals surface area (Å²) in [5.41, 5.74) is 0.201. The molecule has 0 bridgehead atoms. The van der Waals surface area contributed by atoms with Crippen LogP contribution in [-0.4, -0.2) is 10.0 Å². The zero-order valence-corrected chi connectivity index (χ0v) is 5.65. The Morgan fingerprint density at radius 1 is 1.55 bits per heavy atom. The van der Waals surface area contributed by atoms with Crippen molar-refractivity contribution in [3.8, 4) is 5.75 Å². The van der Waals surface area contributed by atoms with Crippen LogP contribution in [0.15, 0.2) is 18.2 Å². The molecule has 1 rings (SSSR count). The average Bonchev–Trinajstić information content (AvgIpc) is 1.94. The molecule has 0 saturated heterocycles. The lowest BCUT2D eigenvalue weighted by atomic mass is 10.2. The third kappa shape index (κ3) is 1.46. The topological polar surface area (TPSA) is 63.4 Å². The summed E-state index contributed by atoms with van der Waals surface area (Å²) < 4.78 is 0. The second-order valence-electron chi connectivity index (χ2n) is 2.08. The number of hydrogen-bond acceptors (Lipinski definition) is 3. The van der Waals surface area contributed by atoms with Gasteiger partial charge in [0.05, 0.1) is 4.92 Å². The second kappa shape index (κ2) is 2.57. The van der Waals surface area contributed by atoms with Gasteiger partial charge in [-0.05, 0) is 18.6 Å². The molecule has 1 aromatic carbocycles. The van der Waals surface area contributed by atoms with Crippen molar-refractivity contribution in [3.63, 3.8) is 0 Å². The van der Waals surface area contributed by atoms with Gasteiger partial charge >= 0.3 is 5.69 Å². The molecule has 0 aliphatic carbocycles. The fourth-order valence-corrected chi connectivity index (χ4v) is 0.715. The highest BCUT2D eigenvalue weighted by Gasteiger charge is 2.11. The number of aromatic hydroxyl groups is 1. The average molecular weight is 152 g/mol. The molecule has 0 fully saturated rings. The maximum Gasteiger partial charge on any atom is 0.310 e. The van der Waals surface area contributed by atoms with Gasteiger partial charge in [0, 0.05) is 6.07 Å². The molecular formula is C7H6NO3. The first-order valence-electron chi connectivity index (χ1n) is 2.90. The molecule has 0 aliphatic heterocycles. The molecule has 0 atom stereocenters. The van der Waals surface area contributed by atoms with E-state index < -0.39 is 4.92 Å². The van der Waals surface area contributed by atoms with Gasteiger partial charge in [-0.2, -0.15) is 0 Å². The van der Waals surface area contributed by atoms with Gasteiger partial charge in [0.2, 0.25) is 0 Å². The Labute approximate surface area is 63.2 Å². The molecule has 0 aliphatic rings. The molecule has 57 valence electrons. The standard InChI is InChI=1S/C7H6NO3/c1-5-2-3-7(9)6(4-5)8(10)11/h2-4,9H,1H2. The van der Waals surface area contributed by atoms with Crippen LogP contribution in [0.1, 0.15) is 5.56 Å². The van der Waals surface area contributed by atoms with Crippen molar-refractivity contribution in [2.24, 2.45) is 0 Å². The highest BCUT2D eigenvalue weighted by molar-refractivity contribution is 5.48. The van der Waals surface area contributed by atoms with Crippen LogP contribution in [0.25, 0.3) is 0 Å². The number of phenols is 1. The van der Waals surface area contributed by atoms with Crippen LogP contribution in [0.2, 0.25) is 0 Å². The molecule has 1 aromatic rings. The Balaban J connectivity index is 3.23. The van der Waals surface area contributed by atoms with Crippen molar-refractivity contribution in [1.29, 1.82) is 0 Å². The Hall–Kier alpha value is -1.58. The van der Waals surface area contributed by atoms with Crippen molar-refractivity contribution in [2.45, 2.75) is 0 Å². The monoisotopic (exact) mass is 152 g/mol. The van der Waals surface area contributed by atoms with Gasteiger partial charge in [0.1, 0.15) is 0 Å². The van der Waals surface area contributed by atoms with Crippen molar-refractivity contribution in [2.75, 3.05) is 0 Å². The lowest BCUT2D eigenvalue weighted by Crippen LogP contribution is -1.88. The summed E-state index contributed by atoms with van der Waals surface area (Å²) in [7, 11) is 0. The zero-order valence-electron chi connectivity index (χ0n) is 5.65. The summed E-state index contributed by atoms with van der Waals surface area (Å²) in [5.74, 6) is -0.331. The number of phenolic OH excluding ortho intramolecular Hbond substituents is 1. The highest BCUT2D eigenvalue weighted by atomic mass is 16.6. The van der Waals surface area contributed by atoms with E-state index in [0.717, 1.165) is 0 Å². The molecule has 0 amide bonds. The van der Waals surface area contributed by atoms with Gasteiger partial charge < -0.3 is 5.11 Å². The molecule has 4 heteroatoms. The first kappa shape index (κ1) is 7.53. The Kier molecular flexibility index (Phi) is 1.76. The molecule has 4 nitrogen and oxygen atoms in total. The minimum atomic E-state index is -0.649. The Morgan fingerprint density at radius 3 is 2.64 bits per heavy atom. The lowest BCUT2D eigenvalue weighted by Gasteiger charge is -1.95. The number of nitro benzene ring substituents is 1. The van der Waals surface area contributed by atoms with E-state index in [-0.39, 0.29) is 11.4 Å². The number of nitrogens with zero attached hydrogens (tertiary/aromatic N) is 1. The van der Waals surface area contributed by atoms with Crippen molar-refractivity contribution < 1.29 is 10.0 Å². The quantitative estimate of drug-likeness (QED) is 0.489. The molecular weight excluding hydrogens is 146 g/mol. The fraction of sp³-hybridized carbons (Fsp3) is 0. The summed E-state index contributed by atoms with van der Waals surface area (Å²) in [5, 5.41) is 19.1. The molecule has 1 N–H and O–H groups in total. The Morgan fingerprint density at radius 2 is 2.18 bits per heavy atom. The maximum absolute atomic E-state index is 10.2. The van der Waals surface area contributed by atoms with Crippen LogP contribution in [0.5, 0.6) is 5.75 Å². The molecule has 0 aromatic heterocycles. The van der Waals surface area contributed by atoms with Crippen LogP contribution in [0, 0.1) is 17.0 Å². The largest absolute Gasteiger partial charge is 0.502 e. The van der Waals surface area contributed by atoms with E-state index >= 15 is 0 Å². The molecule has 1 radical (unpaired) electrons. The molecule has 0 spiro atoms. The SMILES string of the molecule is [CH2]c1ccc(O)c([N+](=O)[O-])c1. The minimum absolute atomic E-state index is 0.308. The van der Waals surface area contributed by atoms with Crippen molar-refractivity contribution in [3.05, 3.63) is 40.8 Å². The maximum atomic E-state index is 10.2. The third-order valence-electron chi connectivity index (χ3n) is 1.24. The predicted molar refractivity (Wildman–Crippen MR) is 39.2 cm³/mol.